The summed E-state index contributed by atoms with van der Waals surface area (Å²) in [5.74, 6) is -1.57. The summed E-state index contributed by atoms with van der Waals surface area (Å²) >= 11 is 0. The highest BCUT2D eigenvalue weighted by Crippen LogP contribution is 2.21. The van der Waals surface area contributed by atoms with Crippen molar-refractivity contribution in [1.82, 2.24) is 4.98 Å². The molecule has 0 saturated heterocycles. The lowest BCUT2D eigenvalue weighted by molar-refractivity contribution is -0.384. The highest BCUT2D eigenvalue weighted by molar-refractivity contribution is 5.75. The molecule has 1 aromatic heterocycles. The first-order valence-corrected chi connectivity index (χ1v) is 4.74. The van der Waals surface area contributed by atoms with Gasteiger partial charge in [-0.3, -0.25) is 14.9 Å². The van der Waals surface area contributed by atoms with Gasteiger partial charge in [0.05, 0.1) is 23.8 Å². The first kappa shape index (κ1) is 12.8. The molecular formula is C9H10FN3O4. The van der Waals surface area contributed by atoms with E-state index in [1.807, 2.05) is 0 Å². The molecule has 0 amide bonds. The minimum atomic E-state index is -0.821. The quantitative estimate of drug-likeness (QED) is 0.472. The second-order valence-electron chi connectivity index (χ2n) is 2.94. The summed E-state index contributed by atoms with van der Waals surface area (Å²) in [6.07, 6.45) is 0.820. The van der Waals surface area contributed by atoms with Crippen LogP contribution in [0.5, 0.6) is 0 Å². The number of rotatable bonds is 5. The van der Waals surface area contributed by atoms with Crippen molar-refractivity contribution in [2.45, 2.75) is 6.92 Å². The molecule has 1 heterocycles. The third kappa shape index (κ3) is 3.67. The number of ether oxygens (including phenoxy) is 1. The highest BCUT2D eigenvalue weighted by Gasteiger charge is 2.17. The number of hydrogen-bond donors (Lipinski definition) is 1. The third-order valence-electron chi connectivity index (χ3n) is 1.74. The molecule has 0 spiro atoms. The molecule has 0 radical (unpaired) electrons. The Labute approximate surface area is 95.8 Å². The molecule has 0 aliphatic carbocycles. The van der Waals surface area contributed by atoms with Crippen molar-refractivity contribution in [3.05, 3.63) is 28.2 Å². The fourth-order valence-electron chi connectivity index (χ4n) is 1.07. The topological polar surface area (TPSA) is 94.4 Å². The Hall–Kier alpha value is -2.25. The summed E-state index contributed by atoms with van der Waals surface area (Å²) in [4.78, 5) is 24.3. The van der Waals surface area contributed by atoms with Crippen LogP contribution in [-0.2, 0) is 9.53 Å². The summed E-state index contributed by atoms with van der Waals surface area (Å²) in [6, 6.07) is 0.723. The molecule has 7 nitrogen and oxygen atoms in total. The Bertz CT molecular complexity index is 438. The lowest BCUT2D eigenvalue weighted by atomic mass is 10.4. The van der Waals surface area contributed by atoms with E-state index in [9.17, 15) is 19.3 Å². The van der Waals surface area contributed by atoms with Gasteiger partial charge in [0.2, 0.25) is 5.82 Å². The molecule has 0 aliphatic heterocycles. The zero-order valence-electron chi connectivity index (χ0n) is 8.97. The first-order valence-electron chi connectivity index (χ1n) is 4.74. The SMILES string of the molecule is CCOC(=O)CNc1ncc(F)cc1[N+](=O)[O-]. The van der Waals surface area contributed by atoms with Crippen LogP contribution < -0.4 is 5.32 Å². The molecule has 0 bridgehead atoms. The van der Waals surface area contributed by atoms with Gasteiger partial charge in [0.25, 0.3) is 0 Å². The van der Waals surface area contributed by atoms with Gasteiger partial charge in [-0.25, -0.2) is 9.37 Å². The van der Waals surface area contributed by atoms with Crippen molar-refractivity contribution in [1.29, 1.82) is 0 Å². The van der Waals surface area contributed by atoms with Crippen molar-refractivity contribution in [2.24, 2.45) is 0 Å². The summed E-state index contributed by atoms with van der Waals surface area (Å²) in [5, 5.41) is 13.0. The Morgan fingerprint density at radius 3 is 3.00 bits per heavy atom. The maximum atomic E-state index is 12.7. The lowest BCUT2D eigenvalue weighted by Crippen LogP contribution is -2.18. The molecule has 8 heteroatoms. The molecule has 0 atom stereocenters. The van der Waals surface area contributed by atoms with Crippen LogP contribution in [-0.4, -0.2) is 29.0 Å². The van der Waals surface area contributed by atoms with Crippen LogP contribution in [0.1, 0.15) is 6.92 Å². The number of carbonyl (C=O) groups excluding carboxylic acids is 1. The molecule has 0 unspecified atom stereocenters. The molecule has 0 saturated carbocycles. The number of carbonyl (C=O) groups is 1. The van der Waals surface area contributed by atoms with Gasteiger partial charge in [0.15, 0.2) is 0 Å². The number of nitrogens with one attached hydrogen (secondary N) is 1. The second-order valence-corrected chi connectivity index (χ2v) is 2.94. The van der Waals surface area contributed by atoms with E-state index in [2.05, 4.69) is 15.0 Å². The van der Waals surface area contributed by atoms with Crippen molar-refractivity contribution in [2.75, 3.05) is 18.5 Å². The van der Waals surface area contributed by atoms with Crippen LogP contribution >= 0.6 is 0 Å². The van der Waals surface area contributed by atoms with Gasteiger partial charge in [-0.2, -0.15) is 0 Å². The second kappa shape index (κ2) is 5.73. The van der Waals surface area contributed by atoms with Crippen molar-refractivity contribution >= 4 is 17.5 Å². The zero-order chi connectivity index (χ0) is 12.8. The van der Waals surface area contributed by atoms with Gasteiger partial charge < -0.3 is 10.1 Å². The molecule has 0 fully saturated rings. The Balaban J connectivity index is 2.77. The molecule has 1 aromatic rings. The number of halogens is 1. The van der Waals surface area contributed by atoms with Crippen LogP contribution in [0.2, 0.25) is 0 Å². The average molecular weight is 243 g/mol. The highest BCUT2D eigenvalue weighted by atomic mass is 19.1. The van der Waals surface area contributed by atoms with Crippen LogP contribution in [0.15, 0.2) is 12.3 Å². The van der Waals surface area contributed by atoms with E-state index in [-0.39, 0.29) is 19.0 Å². The van der Waals surface area contributed by atoms with E-state index in [1.54, 1.807) is 6.92 Å². The summed E-state index contributed by atoms with van der Waals surface area (Å²) in [7, 11) is 0. The van der Waals surface area contributed by atoms with Gasteiger partial charge in [0.1, 0.15) is 12.4 Å². The van der Waals surface area contributed by atoms with E-state index in [4.69, 9.17) is 0 Å². The van der Waals surface area contributed by atoms with Crippen molar-refractivity contribution in [3.63, 3.8) is 0 Å². The molecule has 0 aromatic carbocycles. The van der Waals surface area contributed by atoms with E-state index in [1.165, 1.54) is 0 Å². The number of nitrogens with zero attached hydrogens (tertiary/aromatic N) is 2. The number of anilines is 1. The fourth-order valence-corrected chi connectivity index (χ4v) is 1.07. The number of aromatic nitrogens is 1. The van der Waals surface area contributed by atoms with Crippen LogP contribution in [0, 0.1) is 15.9 Å². The predicted molar refractivity (Wildman–Crippen MR) is 56.0 cm³/mol. The number of nitro groups is 1. The maximum Gasteiger partial charge on any atom is 0.325 e. The van der Waals surface area contributed by atoms with Gasteiger partial charge in [-0.15, -0.1) is 0 Å². The van der Waals surface area contributed by atoms with Gasteiger partial charge >= 0.3 is 11.7 Å². The van der Waals surface area contributed by atoms with E-state index in [0.29, 0.717) is 0 Å². The standard InChI is InChI=1S/C9H10FN3O4/c1-2-17-8(14)5-12-9-7(13(15)16)3-6(10)4-11-9/h3-4H,2,5H2,1H3,(H,11,12). The Morgan fingerprint density at radius 2 is 2.41 bits per heavy atom. The number of pyridine rings is 1. The van der Waals surface area contributed by atoms with Crippen molar-refractivity contribution < 1.29 is 18.8 Å². The molecular weight excluding hydrogens is 233 g/mol. The third-order valence-corrected chi connectivity index (χ3v) is 1.74. The number of hydrogen-bond acceptors (Lipinski definition) is 6. The van der Waals surface area contributed by atoms with Gasteiger partial charge in [-0.1, -0.05) is 0 Å². The van der Waals surface area contributed by atoms with Crippen LogP contribution in [0.25, 0.3) is 0 Å². The molecule has 1 rings (SSSR count). The fraction of sp³-hybridized carbons (Fsp3) is 0.333. The smallest absolute Gasteiger partial charge is 0.325 e. The monoisotopic (exact) mass is 243 g/mol. The normalized spacial score (nSPS) is 9.76. The van der Waals surface area contributed by atoms with Gasteiger partial charge in [-0.05, 0) is 6.92 Å². The molecule has 92 valence electrons. The minimum Gasteiger partial charge on any atom is -0.465 e. The first-order chi connectivity index (χ1) is 8.04. The Morgan fingerprint density at radius 1 is 1.71 bits per heavy atom. The van der Waals surface area contributed by atoms with Crippen LogP contribution in [0.4, 0.5) is 15.9 Å². The predicted octanol–water partition coefficient (Wildman–Crippen LogP) is 1.10. The van der Waals surface area contributed by atoms with E-state index >= 15 is 0 Å². The number of esters is 1. The summed E-state index contributed by atoms with van der Waals surface area (Å²) < 4.78 is 17.4. The zero-order valence-corrected chi connectivity index (χ0v) is 8.97. The molecule has 1 N–H and O–H groups in total. The Kier molecular flexibility index (Phi) is 4.32. The minimum absolute atomic E-state index is 0.176. The average Bonchev–Trinajstić information content (AvgIpc) is 2.27. The van der Waals surface area contributed by atoms with Crippen LogP contribution in [0.3, 0.4) is 0 Å². The summed E-state index contributed by atoms with van der Waals surface area (Å²) in [5.41, 5.74) is -0.533. The lowest BCUT2D eigenvalue weighted by Gasteiger charge is -2.05. The largest absolute Gasteiger partial charge is 0.465 e. The summed E-state index contributed by atoms with van der Waals surface area (Å²) in [6.45, 7) is 1.57. The van der Waals surface area contributed by atoms with Gasteiger partial charge in [0, 0.05) is 0 Å². The maximum absolute atomic E-state index is 12.7. The molecule has 17 heavy (non-hydrogen) atoms. The van der Waals surface area contributed by atoms with Crippen molar-refractivity contribution in [3.8, 4) is 0 Å². The van der Waals surface area contributed by atoms with E-state index in [0.717, 1.165) is 12.3 Å². The molecule has 0 aliphatic rings. The van der Waals surface area contributed by atoms with E-state index < -0.39 is 22.4 Å².